The number of sulfonamides is 1. The highest BCUT2D eigenvalue weighted by Crippen LogP contribution is 2.24. The third kappa shape index (κ3) is 2.50. The second-order valence-corrected chi connectivity index (χ2v) is 5.91. The lowest BCUT2D eigenvalue weighted by Crippen LogP contribution is -2.17. The van der Waals surface area contributed by atoms with Crippen molar-refractivity contribution in [2.75, 3.05) is 0 Å². The molecule has 0 atom stereocenters. The average molecular weight is 301 g/mol. The zero-order chi connectivity index (χ0) is 14.9. The van der Waals surface area contributed by atoms with Crippen LogP contribution in [0.3, 0.4) is 0 Å². The summed E-state index contributed by atoms with van der Waals surface area (Å²) in [5.41, 5.74) is 3.59. The van der Waals surface area contributed by atoms with Crippen LogP contribution in [-0.4, -0.2) is 25.6 Å². The molecular weight excluding hydrogens is 290 g/mol. The van der Waals surface area contributed by atoms with Crippen LogP contribution in [0.2, 0.25) is 0 Å². The molecule has 0 aromatic heterocycles. The molecule has 6 nitrogen and oxygen atoms in total. The second-order valence-electron chi connectivity index (χ2n) is 4.34. The van der Waals surface area contributed by atoms with Crippen LogP contribution in [0, 0.1) is 0 Å². The number of hydrazone groups is 1. The minimum atomic E-state index is -3.66. The Bertz CT molecular complexity index is 857. The number of aromatic hydroxyl groups is 1. The summed E-state index contributed by atoms with van der Waals surface area (Å²) in [5, 5.41) is 13.5. The lowest BCUT2D eigenvalue weighted by Gasteiger charge is -2.01. The maximum atomic E-state index is 11.8. The van der Waals surface area contributed by atoms with Crippen molar-refractivity contribution >= 4 is 22.1 Å². The van der Waals surface area contributed by atoms with E-state index in [0.717, 1.165) is 0 Å². The van der Waals surface area contributed by atoms with Gasteiger partial charge in [0.2, 0.25) is 0 Å². The fraction of sp³-hybridized carbons (Fsp3) is 0. The largest absolute Gasteiger partial charge is 0.507 e. The van der Waals surface area contributed by atoms with Gasteiger partial charge in [0.15, 0.2) is 5.84 Å². The zero-order valence-corrected chi connectivity index (χ0v) is 11.6. The lowest BCUT2D eigenvalue weighted by molar-refractivity contribution is 0.474. The Kier molecular flexibility index (Phi) is 3.19. The van der Waals surface area contributed by atoms with E-state index in [2.05, 4.69) is 14.9 Å². The van der Waals surface area contributed by atoms with Gasteiger partial charge in [-0.05, 0) is 24.3 Å². The molecular formula is C14H11N3O3S. The van der Waals surface area contributed by atoms with Crippen molar-refractivity contribution in [3.05, 3.63) is 59.7 Å². The summed E-state index contributed by atoms with van der Waals surface area (Å²) >= 11 is 0. The quantitative estimate of drug-likeness (QED) is 0.649. The first kappa shape index (κ1) is 13.3. The molecule has 0 bridgehead atoms. The van der Waals surface area contributed by atoms with Gasteiger partial charge in [0.25, 0.3) is 10.0 Å². The van der Waals surface area contributed by atoms with Crippen LogP contribution in [-0.2, 0) is 10.0 Å². The van der Waals surface area contributed by atoms with Gasteiger partial charge in [-0.3, -0.25) is 5.43 Å². The third-order valence-electron chi connectivity index (χ3n) is 2.94. The number of rotatable bonds is 2. The first-order valence-electron chi connectivity index (χ1n) is 6.09. The van der Waals surface area contributed by atoms with Gasteiger partial charge in [0.05, 0.1) is 6.21 Å². The smallest absolute Gasteiger partial charge is 0.285 e. The Labute approximate surface area is 121 Å². The molecule has 0 radical (unpaired) electrons. The molecule has 0 unspecified atom stereocenters. The number of para-hydroxylation sites is 1. The first-order chi connectivity index (χ1) is 10.1. The van der Waals surface area contributed by atoms with E-state index in [1.165, 1.54) is 18.3 Å². The number of amidine groups is 1. The predicted octanol–water partition coefficient (Wildman–Crippen LogP) is 1.46. The predicted molar refractivity (Wildman–Crippen MR) is 79.0 cm³/mol. The molecule has 0 spiro atoms. The molecule has 0 amide bonds. The van der Waals surface area contributed by atoms with Gasteiger partial charge < -0.3 is 5.11 Å². The summed E-state index contributed by atoms with van der Waals surface area (Å²) in [6.45, 7) is 0. The number of phenols is 1. The van der Waals surface area contributed by atoms with Crippen LogP contribution >= 0.6 is 0 Å². The Morgan fingerprint density at radius 2 is 1.81 bits per heavy atom. The van der Waals surface area contributed by atoms with Crippen LogP contribution in [0.4, 0.5) is 0 Å². The summed E-state index contributed by atoms with van der Waals surface area (Å²) in [4.78, 5) is 0.158. The van der Waals surface area contributed by atoms with Crippen molar-refractivity contribution in [1.82, 2.24) is 5.43 Å². The van der Waals surface area contributed by atoms with Gasteiger partial charge >= 0.3 is 0 Å². The molecule has 0 aliphatic carbocycles. The van der Waals surface area contributed by atoms with E-state index in [0.29, 0.717) is 11.1 Å². The maximum absolute atomic E-state index is 11.8. The van der Waals surface area contributed by atoms with E-state index in [-0.39, 0.29) is 16.5 Å². The first-order valence-corrected chi connectivity index (χ1v) is 7.53. The average Bonchev–Trinajstić information content (AvgIpc) is 2.73. The zero-order valence-electron chi connectivity index (χ0n) is 10.8. The molecule has 1 aliphatic rings. The van der Waals surface area contributed by atoms with Crippen molar-refractivity contribution in [1.29, 1.82) is 0 Å². The van der Waals surface area contributed by atoms with Crippen molar-refractivity contribution in [2.45, 2.75) is 4.90 Å². The number of nitrogens with zero attached hydrogens (tertiary/aromatic N) is 2. The van der Waals surface area contributed by atoms with Crippen molar-refractivity contribution < 1.29 is 13.5 Å². The van der Waals surface area contributed by atoms with Crippen molar-refractivity contribution in [3.63, 3.8) is 0 Å². The van der Waals surface area contributed by atoms with E-state index < -0.39 is 10.0 Å². The number of fused-ring (bicyclic) bond motifs is 1. The number of benzene rings is 2. The van der Waals surface area contributed by atoms with Crippen molar-refractivity contribution in [3.8, 4) is 5.75 Å². The monoisotopic (exact) mass is 301 g/mol. The van der Waals surface area contributed by atoms with Gasteiger partial charge in [0, 0.05) is 11.1 Å². The molecule has 3 rings (SSSR count). The Balaban J connectivity index is 1.86. The number of hydrogen-bond donors (Lipinski definition) is 2. The normalized spacial score (nSPS) is 15.7. The molecule has 2 aromatic carbocycles. The summed E-state index contributed by atoms with van der Waals surface area (Å²) < 4.78 is 27.3. The van der Waals surface area contributed by atoms with Crippen molar-refractivity contribution in [2.24, 2.45) is 9.50 Å². The third-order valence-corrected chi connectivity index (χ3v) is 4.28. The van der Waals surface area contributed by atoms with Gasteiger partial charge in [-0.15, -0.1) is 4.40 Å². The Morgan fingerprint density at radius 1 is 1.10 bits per heavy atom. The molecule has 0 saturated heterocycles. The van der Waals surface area contributed by atoms with Crippen LogP contribution in [0.1, 0.15) is 11.1 Å². The highest BCUT2D eigenvalue weighted by Gasteiger charge is 2.28. The molecule has 106 valence electrons. The molecule has 0 saturated carbocycles. The van der Waals surface area contributed by atoms with Gasteiger partial charge in [0.1, 0.15) is 10.6 Å². The summed E-state index contributed by atoms with van der Waals surface area (Å²) in [7, 11) is -3.66. The number of nitrogens with one attached hydrogen (secondary N) is 1. The van der Waals surface area contributed by atoms with Gasteiger partial charge in [-0.1, -0.05) is 24.3 Å². The Morgan fingerprint density at radius 3 is 2.62 bits per heavy atom. The number of hydrogen-bond acceptors (Lipinski definition) is 5. The molecule has 1 aliphatic heterocycles. The molecule has 21 heavy (non-hydrogen) atoms. The summed E-state index contributed by atoms with van der Waals surface area (Å²) in [5.74, 6) is 0.252. The number of phenolic OH excluding ortho intramolecular Hbond substituents is 1. The SMILES string of the molecule is O=S1(=O)N=C(N/N=C\c2ccccc2O)c2ccccc21. The van der Waals surface area contributed by atoms with E-state index in [9.17, 15) is 13.5 Å². The fourth-order valence-electron chi connectivity index (χ4n) is 1.95. The van der Waals surface area contributed by atoms with Crippen LogP contribution < -0.4 is 5.43 Å². The second kappa shape index (κ2) is 5.02. The van der Waals surface area contributed by atoms with Crippen LogP contribution in [0.15, 0.2) is 62.9 Å². The Hall–Kier alpha value is -2.67. The van der Waals surface area contributed by atoms with Gasteiger partial charge in [-0.25, -0.2) is 0 Å². The molecule has 1 heterocycles. The highest BCUT2D eigenvalue weighted by molar-refractivity contribution is 7.90. The minimum absolute atomic E-state index is 0.0874. The topological polar surface area (TPSA) is 91.1 Å². The van der Waals surface area contributed by atoms with Crippen LogP contribution in [0.25, 0.3) is 0 Å². The van der Waals surface area contributed by atoms with E-state index >= 15 is 0 Å². The van der Waals surface area contributed by atoms with E-state index in [1.54, 1.807) is 36.4 Å². The van der Waals surface area contributed by atoms with E-state index in [1.807, 2.05) is 0 Å². The fourth-order valence-corrected chi connectivity index (χ4v) is 3.12. The lowest BCUT2D eigenvalue weighted by atomic mass is 10.2. The molecule has 2 aromatic rings. The van der Waals surface area contributed by atoms with Gasteiger partial charge in [-0.2, -0.15) is 13.5 Å². The summed E-state index contributed by atoms with van der Waals surface area (Å²) in [6, 6.07) is 13.2. The van der Waals surface area contributed by atoms with E-state index in [4.69, 9.17) is 0 Å². The van der Waals surface area contributed by atoms with Crippen LogP contribution in [0.5, 0.6) is 5.75 Å². The maximum Gasteiger partial charge on any atom is 0.285 e. The molecule has 0 fully saturated rings. The molecule has 2 N–H and O–H groups in total. The minimum Gasteiger partial charge on any atom is -0.507 e. The highest BCUT2D eigenvalue weighted by atomic mass is 32.2. The summed E-state index contributed by atoms with van der Waals surface area (Å²) in [6.07, 6.45) is 1.39. The standard InChI is InChI=1S/C14H11N3O3S/c18-12-7-3-1-5-10(12)9-15-16-14-11-6-2-4-8-13(11)21(19,20)17-14/h1-9,18H,(H,16,17)/b15-9-. The molecule has 7 heteroatoms.